The van der Waals surface area contributed by atoms with Crippen molar-refractivity contribution in [2.24, 2.45) is 0 Å². The second kappa shape index (κ2) is 7.55. The molecule has 0 aromatic heterocycles. The van der Waals surface area contributed by atoms with Crippen molar-refractivity contribution in [3.63, 3.8) is 0 Å². The fraction of sp³-hybridized carbons (Fsp3) is 0.368. The van der Waals surface area contributed by atoms with Crippen LogP contribution >= 0.6 is 11.6 Å². The third kappa shape index (κ3) is 4.67. The van der Waals surface area contributed by atoms with Crippen molar-refractivity contribution in [1.29, 1.82) is 0 Å². The molecule has 1 atom stereocenters. The van der Waals surface area contributed by atoms with E-state index in [1.165, 1.54) is 5.56 Å². The molecule has 0 aliphatic rings. The highest BCUT2D eigenvalue weighted by Crippen LogP contribution is 2.21. The standard InChI is InChI=1S/C19H24ClNO/c1-13(2)16-6-9-18(10-7-16)22-15(4)12-21-17-8-5-14(3)19(20)11-17/h5-11,13,15,21H,12H2,1-4H3. The summed E-state index contributed by atoms with van der Waals surface area (Å²) in [5.41, 5.74) is 3.43. The van der Waals surface area contributed by atoms with Crippen molar-refractivity contribution in [1.82, 2.24) is 0 Å². The summed E-state index contributed by atoms with van der Waals surface area (Å²) < 4.78 is 5.93. The topological polar surface area (TPSA) is 21.3 Å². The van der Waals surface area contributed by atoms with Gasteiger partial charge < -0.3 is 10.1 Å². The van der Waals surface area contributed by atoms with E-state index in [0.717, 1.165) is 28.6 Å². The molecule has 2 aromatic carbocycles. The summed E-state index contributed by atoms with van der Waals surface area (Å²) >= 11 is 6.13. The van der Waals surface area contributed by atoms with Crippen molar-refractivity contribution in [2.45, 2.75) is 39.7 Å². The van der Waals surface area contributed by atoms with Gasteiger partial charge in [0.05, 0.1) is 6.54 Å². The maximum absolute atomic E-state index is 6.13. The number of nitrogens with one attached hydrogen (secondary N) is 1. The summed E-state index contributed by atoms with van der Waals surface area (Å²) in [5.74, 6) is 1.44. The monoisotopic (exact) mass is 317 g/mol. The molecule has 0 amide bonds. The van der Waals surface area contributed by atoms with Crippen LogP contribution in [0, 0.1) is 6.92 Å². The number of hydrogen-bond donors (Lipinski definition) is 1. The Balaban J connectivity index is 1.87. The number of rotatable bonds is 6. The minimum atomic E-state index is 0.0741. The maximum Gasteiger partial charge on any atom is 0.119 e. The number of ether oxygens (including phenoxy) is 1. The van der Waals surface area contributed by atoms with Gasteiger partial charge in [-0.15, -0.1) is 0 Å². The van der Waals surface area contributed by atoms with Gasteiger partial charge in [0.25, 0.3) is 0 Å². The van der Waals surface area contributed by atoms with Crippen molar-refractivity contribution >= 4 is 17.3 Å². The van der Waals surface area contributed by atoms with Crippen LogP contribution in [0.4, 0.5) is 5.69 Å². The highest BCUT2D eigenvalue weighted by Gasteiger charge is 2.06. The zero-order valence-electron chi connectivity index (χ0n) is 13.7. The lowest BCUT2D eigenvalue weighted by Crippen LogP contribution is -2.22. The third-order valence-corrected chi connectivity index (χ3v) is 4.06. The Labute approximate surface area is 138 Å². The molecule has 0 saturated carbocycles. The summed E-state index contributed by atoms with van der Waals surface area (Å²) in [4.78, 5) is 0. The second-order valence-corrected chi connectivity index (χ2v) is 6.40. The minimum Gasteiger partial charge on any atom is -0.489 e. The average molecular weight is 318 g/mol. The summed E-state index contributed by atoms with van der Waals surface area (Å²) in [5, 5.41) is 4.13. The molecule has 22 heavy (non-hydrogen) atoms. The molecule has 0 spiro atoms. The molecule has 3 heteroatoms. The van der Waals surface area contributed by atoms with E-state index in [0.29, 0.717) is 5.92 Å². The van der Waals surface area contributed by atoms with Gasteiger partial charge >= 0.3 is 0 Å². The van der Waals surface area contributed by atoms with E-state index in [1.54, 1.807) is 0 Å². The van der Waals surface area contributed by atoms with Crippen LogP contribution in [0.3, 0.4) is 0 Å². The molecule has 0 bridgehead atoms. The van der Waals surface area contributed by atoms with E-state index in [1.807, 2.05) is 37.3 Å². The van der Waals surface area contributed by atoms with Crippen LogP contribution in [0.5, 0.6) is 5.75 Å². The van der Waals surface area contributed by atoms with Gasteiger partial charge in [-0.05, 0) is 55.2 Å². The van der Waals surface area contributed by atoms with Crippen LogP contribution in [-0.4, -0.2) is 12.6 Å². The molecular formula is C19H24ClNO. The second-order valence-electron chi connectivity index (χ2n) is 6.00. The Morgan fingerprint density at radius 1 is 1.05 bits per heavy atom. The minimum absolute atomic E-state index is 0.0741. The normalized spacial score (nSPS) is 12.3. The van der Waals surface area contributed by atoms with Gasteiger partial charge in [0.2, 0.25) is 0 Å². The van der Waals surface area contributed by atoms with Gasteiger partial charge in [-0.25, -0.2) is 0 Å². The van der Waals surface area contributed by atoms with Crippen LogP contribution < -0.4 is 10.1 Å². The predicted octanol–water partition coefficient (Wildman–Crippen LogP) is 5.65. The van der Waals surface area contributed by atoms with Crippen LogP contribution in [0.2, 0.25) is 5.02 Å². The summed E-state index contributed by atoms with van der Waals surface area (Å²) in [6, 6.07) is 14.3. The first kappa shape index (κ1) is 16.7. The van der Waals surface area contributed by atoms with Crippen molar-refractivity contribution in [3.8, 4) is 5.75 Å². The van der Waals surface area contributed by atoms with Gasteiger partial charge in [0.1, 0.15) is 11.9 Å². The van der Waals surface area contributed by atoms with Gasteiger partial charge in [0.15, 0.2) is 0 Å². The van der Waals surface area contributed by atoms with Gasteiger partial charge in [-0.1, -0.05) is 43.6 Å². The van der Waals surface area contributed by atoms with Crippen LogP contribution in [-0.2, 0) is 0 Å². The Morgan fingerprint density at radius 2 is 1.73 bits per heavy atom. The number of benzene rings is 2. The predicted molar refractivity (Wildman–Crippen MR) is 95.3 cm³/mol. The lowest BCUT2D eigenvalue weighted by atomic mass is 10.0. The van der Waals surface area contributed by atoms with E-state index >= 15 is 0 Å². The first-order valence-electron chi connectivity index (χ1n) is 7.72. The quantitative estimate of drug-likeness (QED) is 0.743. The van der Waals surface area contributed by atoms with E-state index in [4.69, 9.17) is 16.3 Å². The van der Waals surface area contributed by atoms with E-state index in [-0.39, 0.29) is 6.10 Å². The molecule has 0 radical (unpaired) electrons. The molecule has 0 aliphatic heterocycles. The van der Waals surface area contributed by atoms with Gasteiger partial charge in [-0.3, -0.25) is 0 Å². The summed E-state index contributed by atoms with van der Waals surface area (Å²) in [6.07, 6.45) is 0.0741. The van der Waals surface area contributed by atoms with Gasteiger partial charge in [-0.2, -0.15) is 0 Å². The van der Waals surface area contributed by atoms with Crippen LogP contribution in [0.25, 0.3) is 0 Å². The molecular weight excluding hydrogens is 294 g/mol. The van der Waals surface area contributed by atoms with Crippen molar-refractivity contribution < 1.29 is 4.74 Å². The first-order chi connectivity index (χ1) is 10.5. The Kier molecular flexibility index (Phi) is 5.73. The van der Waals surface area contributed by atoms with E-state index < -0.39 is 0 Å². The maximum atomic E-state index is 6.13. The number of aryl methyl sites for hydroxylation is 1. The molecule has 0 aliphatic carbocycles. The zero-order chi connectivity index (χ0) is 16.1. The molecule has 0 fully saturated rings. The molecule has 1 N–H and O–H groups in total. The fourth-order valence-electron chi connectivity index (χ4n) is 2.17. The molecule has 118 valence electrons. The zero-order valence-corrected chi connectivity index (χ0v) is 14.4. The Bertz CT molecular complexity index is 607. The van der Waals surface area contributed by atoms with Crippen molar-refractivity contribution in [2.75, 3.05) is 11.9 Å². The lowest BCUT2D eigenvalue weighted by Gasteiger charge is -2.17. The molecule has 2 aromatic rings. The largest absolute Gasteiger partial charge is 0.489 e. The van der Waals surface area contributed by atoms with Crippen LogP contribution in [0.1, 0.15) is 37.8 Å². The fourth-order valence-corrected chi connectivity index (χ4v) is 2.35. The van der Waals surface area contributed by atoms with Gasteiger partial charge in [0, 0.05) is 10.7 Å². The highest BCUT2D eigenvalue weighted by molar-refractivity contribution is 6.31. The third-order valence-electron chi connectivity index (χ3n) is 3.65. The lowest BCUT2D eigenvalue weighted by molar-refractivity contribution is 0.234. The molecule has 0 heterocycles. The molecule has 0 saturated heterocycles. The van der Waals surface area contributed by atoms with E-state index in [2.05, 4.69) is 38.2 Å². The smallest absolute Gasteiger partial charge is 0.119 e. The van der Waals surface area contributed by atoms with Crippen molar-refractivity contribution in [3.05, 3.63) is 58.6 Å². The summed E-state index contributed by atoms with van der Waals surface area (Å²) in [7, 11) is 0. The Morgan fingerprint density at radius 3 is 2.32 bits per heavy atom. The first-order valence-corrected chi connectivity index (χ1v) is 8.10. The number of hydrogen-bond acceptors (Lipinski definition) is 2. The van der Waals surface area contributed by atoms with Crippen LogP contribution in [0.15, 0.2) is 42.5 Å². The summed E-state index contributed by atoms with van der Waals surface area (Å²) in [6.45, 7) is 9.16. The number of halogens is 1. The average Bonchev–Trinajstić information content (AvgIpc) is 2.49. The number of anilines is 1. The SMILES string of the molecule is Cc1ccc(NCC(C)Oc2ccc(C(C)C)cc2)cc1Cl. The van der Waals surface area contributed by atoms with E-state index in [9.17, 15) is 0 Å². The molecule has 1 unspecified atom stereocenters. The molecule has 2 nitrogen and oxygen atoms in total. The molecule has 2 rings (SSSR count). The highest BCUT2D eigenvalue weighted by atomic mass is 35.5. The Hall–Kier alpha value is -1.67.